The Hall–Kier alpha value is -2.69. The van der Waals surface area contributed by atoms with Gasteiger partial charge in [0.1, 0.15) is 11.5 Å². The molecule has 0 saturated carbocycles. The third-order valence-electron chi connectivity index (χ3n) is 3.20. The summed E-state index contributed by atoms with van der Waals surface area (Å²) in [7, 11) is 0. The number of carbonyl (C=O) groups is 1. The second kappa shape index (κ2) is 5.75. The Morgan fingerprint density at radius 3 is 2.00 bits per heavy atom. The van der Waals surface area contributed by atoms with Gasteiger partial charge in [-0.15, -0.1) is 0 Å². The first-order valence-corrected chi connectivity index (χ1v) is 6.62. The van der Waals surface area contributed by atoms with Gasteiger partial charge < -0.3 is 18.2 Å². The minimum Gasteiger partial charge on any atom is -0.467 e. The van der Waals surface area contributed by atoms with E-state index in [0.717, 1.165) is 5.56 Å². The van der Waals surface area contributed by atoms with Crippen LogP contribution in [0.15, 0.2) is 62.4 Å². The molecule has 0 aliphatic heterocycles. The Bertz CT molecular complexity index is 658. The summed E-state index contributed by atoms with van der Waals surface area (Å²) < 4.78 is 15.9. The van der Waals surface area contributed by atoms with Crippen LogP contribution in [0.2, 0.25) is 0 Å². The smallest absolute Gasteiger partial charge is 0.290 e. The molecule has 108 valence electrons. The lowest BCUT2D eigenvalue weighted by molar-refractivity contribution is 0.0671. The number of aryl methyl sites for hydroxylation is 1. The number of rotatable bonds is 5. The van der Waals surface area contributed by atoms with Gasteiger partial charge >= 0.3 is 0 Å². The average molecular weight is 285 g/mol. The van der Waals surface area contributed by atoms with Crippen molar-refractivity contribution in [2.75, 3.05) is 0 Å². The fourth-order valence-corrected chi connectivity index (χ4v) is 2.12. The summed E-state index contributed by atoms with van der Waals surface area (Å²) in [5.41, 5.74) is 0.809. The van der Waals surface area contributed by atoms with Crippen molar-refractivity contribution >= 4 is 5.91 Å². The molecule has 0 unspecified atom stereocenters. The van der Waals surface area contributed by atoms with Crippen LogP contribution in [0, 0.1) is 6.92 Å². The highest BCUT2D eigenvalue weighted by Crippen LogP contribution is 2.17. The highest BCUT2D eigenvalue weighted by molar-refractivity contribution is 5.92. The van der Waals surface area contributed by atoms with E-state index in [0.29, 0.717) is 30.4 Å². The molecule has 0 N–H and O–H groups in total. The summed E-state index contributed by atoms with van der Waals surface area (Å²) in [6, 6.07) is 9.02. The van der Waals surface area contributed by atoms with Crippen molar-refractivity contribution in [3.8, 4) is 0 Å². The summed E-state index contributed by atoms with van der Waals surface area (Å²) in [4.78, 5) is 14.3. The maximum atomic E-state index is 12.6. The van der Waals surface area contributed by atoms with E-state index in [1.807, 2.05) is 19.1 Å². The molecule has 3 aromatic heterocycles. The molecule has 0 saturated heterocycles. The maximum Gasteiger partial charge on any atom is 0.290 e. The van der Waals surface area contributed by atoms with Crippen molar-refractivity contribution in [1.29, 1.82) is 0 Å². The minimum atomic E-state index is -0.190. The van der Waals surface area contributed by atoms with Crippen molar-refractivity contribution in [3.05, 3.63) is 72.0 Å². The molecule has 0 bridgehead atoms. The van der Waals surface area contributed by atoms with Gasteiger partial charge in [-0.2, -0.15) is 0 Å². The Balaban J connectivity index is 1.84. The first kappa shape index (κ1) is 13.3. The minimum absolute atomic E-state index is 0.190. The van der Waals surface area contributed by atoms with Crippen LogP contribution in [-0.2, 0) is 13.1 Å². The molecule has 1 amide bonds. The maximum absolute atomic E-state index is 12.6. The van der Waals surface area contributed by atoms with Crippen molar-refractivity contribution in [2.45, 2.75) is 20.0 Å². The second-order valence-electron chi connectivity index (χ2n) is 4.75. The molecule has 0 radical (unpaired) electrons. The molecule has 3 heterocycles. The van der Waals surface area contributed by atoms with Crippen LogP contribution in [0.5, 0.6) is 0 Å². The highest BCUT2D eigenvalue weighted by atomic mass is 16.3. The summed E-state index contributed by atoms with van der Waals surface area (Å²) in [5.74, 6) is 1.57. The van der Waals surface area contributed by atoms with Gasteiger partial charge in [-0.05, 0) is 37.3 Å². The highest BCUT2D eigenvalue weighted by Gasteiger charge is 2.22. The molecule has 5 heteroatoms. The van der Waals surface area contributed by atoms with Gasteiger partial charge in [-0.25, -0.2) is 0 Å². The monoisotopic (exact) mass is 285 g/mol. The molecule has 3 rings (SSSR count). The Morgan fingerprint density at radius 2 is 1.57 bits per heavy atom. The van der Waals surface area contributed by atoms with Crippen molar-refractivity contribution in [2.24, 2.45) is 0 Å². The lowest BCUT2D eigenvalue weighted by Crippen LogP contribution is -2.30. The van der Waals surface area contributed by atoms with Gasteiger partial charge in [0.2, 0.25) is 0 Å². The quantitative estimate of drug-likeness (QED) is 0.718. The van der Waals surface area contributed by atoms with E-state index >= 15 is 0 Å². The number of nitrogens with zero attached hydrogens (tertiary/aromatic N) is 1. The van der Waals surface area contributed by atoms with Crippen LogP contribution < -0.4 is 0 Å². The number of hydrogen-bond donors (Lipinski definition) is 0. The number of amides is 1. The number of hydrogen-bond acceptors (Lipinski definition) is 4. The van der Waals surface area contributed by atoms with E-state index in [-0.39, 0.29) is 5.91 Å². The van der Waals surface area contributed by atoms with Crippen molar-refractivity contribution in [3.63, 3.8) is 0 Å². The molecule has 0 atom stereocenters. The SMILES string of the molecule is Cc1ccoc1C(=O)N(Cc1ccco1)Cc1ccco1. The first-order chi connectivity index (χ1) is 10.2. The molecule has 0 aromatic carbocycles. The van der Waals surface area contributed by atoms with Crippen LogP contribution in [0.3, 0.4) is 0 Å². The third kappa shape index (κ3) is 2.91. The molecular formula is C16H15NO4. The summed E-state index contributed by atoms with van der Waals surface area (Å²) in [6.07, 6.45) is 4.69. The van der Waals surface area contributed by atoms with Crippen molar-refractivity contribution < 1.29 is 18.0 Å². The topological polar surface area (TPSA) is 59.7 Å². The van der Waals surface area contributed by atoms with Crippen LogP contribution >= 0.6 is 0 Å². The second-order valence-corrected chi connectivity index (χ2v) is 4.75. The van der Waals surface area contributed by atoms with Crippen molar-refractivity contribution in [1.82, 2.24) is 4.90 Å². The molecule has 21 heavy (non-hydrogen) atoms. The molecule has 0 fully saturated rings. The van der Waals surface area contributed by atoms with Gasteiger partial charge in [0, 0.05) is 5.56 Å². The molecule has 3 aromatic rings. The number of carbonyl (C=O) groups excluding carboxylic acids is 1. The lowest BCUT2D eigenvalue weighted by atomic mass is 10.2. The standard InChI is InChI=1S/C16H15NO4/c1-12-6-9-21-15(12)16(18)17(10-13-4-2-7-19-13)11-14-5-3-8-20-14/h2-9H,10-11H2,1H3. The Kier molecular flexibility index (Phi) is 3.64. The predicted molar refractivity (Wildman–Crippen MR) is 74.4 cm³/mol. The zero-order chi connectivity index (χ0) is 14.7. The van der Waals surface area contributed by atoms with E-state index in [1.165, 1.54) is 6.26 Å². The summed E-state index contributed by atoms with van der Waals surface area (Å²) in [5, 5.41) is 0. The van der Waals surface area contributed by atoms with E-state index < -0.39 is 0 Å². The number of furan rings is 3. The fraction of sp³-hybridized carbons (Fsp3) is 0.188. The zero-order valence-electron chi connectivity index (χ0n) is 11.6. The van der Waals surface area contributed by atoms with Gasteiger partial charge in [-0.3, -0.25) is 4.79 Å². The van der Waals surface area contributed by atoms with Gasteiger partial charge in [-0.1, -0.05) is 0 Å². The van der Waals surface area contributed by atoms with E-state index in [9.17, 15) is 4.79 Å². The van der Waals surface area contributed by atoms with Gasteiger partial charge in [0.15, 0.2) is 5.76 Å². The van der Waals surface area contributed by atoms with E-state index in [2.05, 4.69) is 0 Å². The van der Waals surface area contributed by atoms with Gasteiger partial charge in [0.25, 0.3) is 5.91 Å². The van der Waals surface area contributed by atoms with Crippen LogP contribution in [0.1, 0.15) is 27.6 Å². The molecule has 0 aliphatic carbocycles. The normalized spacial score (nSPS) is 10.7. The van der Waals surface area contributed by atoms with Crippen LogP contribution in [-0.4, -0.2) is 10.8 Å². The van der Waals surface area contributed by atoms with E-state index in [1.54, 1.807) is 35.6 Å². The average Bonchev–Trinajstić information content (AvgIpc) is 3.19. The third-order valence-corrected chi connectivity index (χ3v) is 3.20. The summed E-state index contributed by atoms with van der Waals surface area (Å²) in [6.45, 7) is 2.55. The summed E-state index contributed by atoms with van der Waals surface area (Å²) >= 11 is 0. The lowest BCUT2D eigenvalue weighted by Gasteiger charge is -2.19. The van der Waals surface area contributed by atoms with E-state index in [4.69, 9.17) is 13.3 Å². The Labute approximate surface area is 121 Å². The molecule has 0 spiro atoms. The van der Waals surface area contributed by atoms with Crippen LogP contribution in [0.4, 0.5) is 0 Å². The largest absolute Gasteiger partial charge is 0.467 e. The Morgan fingerprint density at radius 1 is 0.952 bits per heavy atom. The molecule has 5 nitrogen and oxygen atoms in total. The predicted octanol–water partition coefficient (Wildman–Crippen LogP) is 3.62. The fourth-order valence-electron chi connectivity index (χ4n) is 2.12. The molecule has 0 aliphatic rings. The van der Waals surface area contributed by atoms with Gasteiger partial charge in [0.05, 0.1) is 31.9 Å². The molecular weight excluding hydrogens is 270 g/mol. The zero-order valence-corrected chi connectivity index (χ0v) is 11.6. The first-order valence-electron chi connectivity index (χ1n) is 6.62. The van der Waals surface area contributed by atoms with Crippen LogP contribution in [0.25, 0.3) is 0 Å².